The fraction of sp³-hybridized carbons (Fsp3) is 0.727. The third-order valence-electron chi connectivity index (χ3n) is 3.37. The Kier molecular flexibility index (Phi) is 3.45. The van der Waals surface area contributed by atoms with Crippen molar-refractivity contribution in [2.75, 3.05) is 7.05 Å². The van der Waals surface area contributed by atoms with Gasteiger partial charge in [-0.15, -0.1) is 0 Å². The van der Waals surface area contributed by atoms with E-state index in [4.69, 9.17) is 5.11 Å². The minimum atomic E-state index is -0.970. The average molecular weight is 242 g/mol. The number of rotatable bonds is 4. The molecule has 0 bridgehead atoms. The van der Waals surface area contributed by atoms with Crippen molar-refractivity contribution in [3.05, 3.63) is 0 Å². The Hall–Kier alpha value is -1.59. The highest BCUT2D eigenvalue weighted by atomic mass is 16.4. The van der Waals surface area contributed by atoms with Crippen LogP contribution in [-0.2, 0) is 14.4 Å². The fourth-order valence-corrected chi connectivity index (χ4v) is 2.17. The SMILES string of the molecule is CNC(=O)C(C)NC(=O)C1C(C(=O)O)C1(C)C. The third kappa shape index (κ3) is 2.40. The maximum absolute atomic E-state index is 11.8. The molecule has 0 aromatic rings. The van der Waals surface area contributed by atoms with Gasteiger partial charge in [-0.3, -0.25) is 14.4 Å². The highest BCUT2D eigenvalue weighted by Crippen LogP contribution is 2.58. The second-order valence-corrected chi connectivity index (χ2v) is 4.96. The van der Waals surface area contributed by atoms with Crippen molar-refractivity contribution in [3.8, 4) is 0 Å². The molecule has 1 rings (SSSR count). The second-order valence-electron chi connectivity index (χ2n) is 4.96. The van der Waals surface area contributed by atoms with Crippen molar-refractivity contribution in [1.29, 1.82) is 0 Å². The van der Waals surface area contributed by atoms with Crippen LogP contribution in [0.3, 0.4) is 0 Å². The van der Waals surface area contributed by atoms with Crippen LogP contribution in [0.15, 0.2) is 0 Å². The molecule has 0 radical (unpaired) electrons. The summed E-state index contributed by atoms with van der Waals surface area (Å²) in [6, 6.07) is -0.654. The number of aliphatic carboxylic acids is 1. The lowest BCUT2D eigenvalue weighted by Gasteiger charge is -2.12. The number of nitrogens with one attached hydrogen (secondary N) is 2. The van der Waals surface area contributed by atoms with Gasteiger partial charge < -0.3 is 15.7 Å². The first-order valence-corrected chi connectivity index (χ1v) is 5.48. The number of amides is 2. The Morgan fingerprint density at radius 1 is 1.24 bits per heavy atom. The highest BCUT2D eigenvalue weighted by molar-refractivity contribution is 5.94. The molecule has 2 amide bonds. The lowest BCUT2D eigenvalue weighted by Crippen LogP contribution is -2.44. The van der Waals surface area contributed by atoms with Crippen LogP contribution in [-0.4, -0.2) is 36.0 Å². The molecule has 6 nitrogen and oxygen atoms in total. The predicted octanol–water partition coefficient (Wildman–Crippen LogP) is -0.406. The van der Waals surface area contributed by atoms with E-state index in [1.54, 1.807) is 20.8 Å². The van der Waals surface area contributed by atoms with Crippen LogP contribution in [0.2, 0.25) is 0 Å². The summed E-state index contributed by atoms with van der Waals surface area (Å²) in [5.74, 6) is -2.88. The van der Waals surface area contributed by atoms with Crippen molar-refractivity contribution >= 4 is 17.8 Å². The van der Waals surface area contributed by atoms with E-state index in [1.807, 2.05) is 0 Å². The Balaban J connectivity index is 2.62. The quantitative estimate of drug-likeness (QED) is 0.624. The molecule has 17 heavy (non-hydrogen) atoms. The van der Waals surface area contributed by atoms with Crippen LogP contribution < -0.4 is 10.6 Å². The first-order chi connectivity index (χ1) is 7.73. The van der Waals surface area contributed by atoms with Gasteiger partial charge in [0.25, 0.3) is 0 Å². The van der Waals surface area contributed by atoms with Gasteiger partial charge in [-0.2, -0.15) is 0 Å². The molecular formula is C11H18N2O4. The summed E-state index contributed by atoms with van der Waals surface area (Å²) < 4.78 is 0. The van der Waals surface area contributed by atoms with Gasteiger partial charge in [0.15, 0.2) is 0 Å². The summed E-state index contributed by atoms with van der Waals surface area (Å²) in [5.41, 5.74) is -0.543. The van der Waals surface area contributed by atoms with Crippen LogP contribution in [0, 0.1) is 17.3 Å². The smallest absolute Gasteiger partial charge is 0.307 e. The van der Waals surface area contributed by atoms with Crippen LogP contribution in [0.1, 0.15) is 20.8 Å². The average Bonchev–Trinajstić information content (AvgIpc) is 2.80. The normalized spacial score (nSPS) is 26.8. The zero-order chi connectivity index (χ0) is 13.4. The summed E-state index contributed by atoms with van der Waals surface area (Å²) >= 11 is 0. The van der Waals surface area contributed by atoms with E-state index in [0.717, 1.165) is 0 Å². The zero-order valence-electron chi connectivity index (χ0n) is 10.4. The van der Waals surface area contributed by atoms with E-state index >= 15 is 0 Å². The number of hydrogen-bond acceptors (Lipinski definition) is 3. The Labute approximate surface area is 99.8 Å². The van der Waals surface area contributed by atoms with Crippen LogP contribution in [0.25, 0.3) is 0 Å². The summed E-state index contributed by atoms with van der Waals surface area (Å²) in [6.45, 7) is 5.03. The number of carbonyl (C=O) groups excluding carboxylic acids is 2. The number of carboxylic acids is 1. The van der Waals surface area contributed by atoms with Crippen LogP contribution in [0.4, 0.5) is 0 Å². The monoisotopic (exact) mass is 242 g/mol. The largest absolute Gasteiger partial charge is 0.481 e. The van der Waals surface area contributed by atoms with E-state index in [2.05, 4.69) is 10.6 Å². The summed E-state index contributed by atoms with van der Waals surface area (Å²) in [4.78, 5) is 33.9. The number of likely N-dealkylation sites (N-methyl/N-ethyl adjacent to an activating group) is 1. The van der Waals surface area contributed by atoms with Crippen molar-refractivity contribution in [2.45, 2.75) is 26.8 Å². The van der Waals surface area contributed by atoms with E-state index < -0.39 is 29.3 Å². The predicted molar refractivity (Wildman–Crippen MR) is 60.1 cm³/mol. The maximum Gasteiger partial charge on any atom is 0.307 e. The molecule has 0 heterocycles. The Bertz CT molecular complexity index is 364. The third-order valence-corrected chi connectivity index (χ3v) is 3.37. The van der Waals surface area contributed by atoms with Gasteiger partial charge in [0.1, 0.15) is 6.04 Å². The Morgan fingerprint density at radius 3 is 2.12 bits per heavy atom. The molecule has 1 aliphatic rings. The molecule has 0 aromatic heterocycles. The molecule has 0 saturated heterocycles. The van der Waals surface area contributed by atoms with Gasteiger partial charge in [-0.1, -0.05) is 13.8 Å². The van der Waals surface area contributed by atoms with Crippen LogP contribution >= 0.6 is 0 Å². The summed E-state index contributed by atoms with van der Waals surface area (Å²) in [6.07, 6.45) is 0. The standard InChI is InChI=1S/C11H18N2O4/c1-5(8(14)12-4)13-9(15)6-7(10(16)17)11(6,2)3/h5-7H,1-4H3,(H,12,14)(H,13,15)(H,16,17). The first kappa shape index (κ1) is 13.5. The molecule has 96 valence electrons. The van der Waals surface area contributed by atoms with Gasteiger partial charge in [0.2, 0.25) is 11.8 Å². The molecule has 3 N–H and O–H groups in total. The lowest BCUT2D eigenvalue weighted by atomic mass is 10.1. The van der Waals surface area contributed by atoms with Gasteiger partial charge in [0.05, 0.1) is 11.8 Å². The number of hydrogen-bond donors (Lipinski definition) is 3. The van der Waals surface area contributed by atoms with E-state index in [-0.39, 0.29) is 11.8 Å². The van der Waals surface area contributed by atoms with E-state index in [1.165, 1.54) is 7.05 Å². The molecule has 0 aromatic carbocycles. The topological polar surface area (TPSA) is 95.5 Å². The molecule has 3 atom stereocenters. The molecule has 0 aliphatic heterocycles. The van der Waals surface area contributed by atoms with Gasteiger partial charge in [0, 0.05) is 7.05 Å². The molecular weight excluding hydrogens is 224 g/mol. The Morgan fingerprint density at radius 2 is 1.76 bits per heavy atom. The fourth-order valence-electron chi connectivity index (χ4n) is 2.17. The van der Waals surface area contributed by atoms with Gasteiger partial charge >= 0.3 is 5.97 Å². The molecule has 6 heteroatoms. The highest BCUT2D eigenvalue weighted by Gasteiger charge is 2.66. The van der Waals surface area contributed by atoms with Crippen molar-refractivity contribution in [1.82, 2.24) is 10.6 Å². The zero-order valence-corrected chi connectivity index (χ0v) is 10.4. The molecule has 1 saturated carbocycles. The van der Waals surface area contributed by atoms with Crippen molar-refractivity contribution in [3.63, 3.8) is 0 Å². The molecule has 0 spiro atoms. The van der Waals surface area contributed by atoms with Crippen molar-refractivity contribution in [2.24, 2.45) is 17.3 Å². The minimum Gasteiger partial charge on any atom is -0.481 e. The summed E-state index contributed by atoms with van der Waals surface area (Å²) in [5, 5.41) is 13.9. The second kappa shape index (κ2) is 4.35. The van der Waals surface area contributed by atoms with Gasteiger partial charge in [-0.05, 0) is 12.3 Å². The lowest BCUT2D eigenvalue weighted by molar-refractivity contribution is -0.140. The van der Waals surface area contributed by atoms with Crippen molar-refractivity contribution < 1.29 is 19.5 Å². The van der Waals surface area contributed by atoms with Crippen LogP contribution in [0.5, 0.6) is 0 Å². The number of carbonyl (C=O) groups is 3. The molecule has 3 unspecified atom stereocenters. The minimum absolute atomic E-state index is 0.302. The number of carboxylic acid groups (broad SMARTS) is 1. The molecule has 1 fully saturated rings. The van der Waals surface area contributed by atoms with E-state index in [0.29, 0.717) is 0 Å². The van der Waals surface area contributed by atoms with E-state index in [9.17, 15) is 14.4 Å². The molecule has 1 aliphatic carbocycles. The van der Waals surface area contributed by atoms with Gasteiger partial charge in [-0.25, -0.2) is 0 Å². The maximum atomic E-state index is 11.8. The first-order valence-electron chi connectivity index (χ1n) is 5.48. The summed E-state index contributed by atoms with van der Waals surface area (Å²) in [7, 11) is 1.48.